The molecule has 0 radical (unpaired) electrons. The molecule has 0 saturated heterocycles. The molecule has 0 spiro atoms. The lowest BCUT2D eigenvalue weighted by molar-refractivity contribution is 0.102. The molecule has 0 fully saturated rings. The summed E-state index contributed by atoms with van der Waals surface area (Å²) in [7, 11) is 1.77. The molecule has 3 rings (SSSR count). The van der Waals surface area contributed by atoms with Crippen molar-refractivity contribution in [2.45, 2.75) is 26.7 Å². The number of aryl methyl sites for hydroxylation is 2. The molecule has 0 saturated carbocycles. The van der Waals surface area contributed by atoms with Crippen LogP contribution >= 0.6 is 0 Å². The standard InChI is InChI=1S/C21H22FN3O/c1-13(2)15-5-8-17(9-6-15)23-21(26)19-12-20(25(4)24-19)16-7-10-18(22)14(3)11-16/h5-13H,1-4H3,(H,23,26). The van der Waals surface area contributed by atoms with Crippen molar-refractivity contribution in [3.05, 3.63) is 71.2 Å². The Labute approximate surface area is 152 Å². The fourth-order valence-corrected chi connectivity index (χ4v) is 2.80. The Balaban J connectivity index is 1.81. The lowest BCUT2D eigenvalue weighted by Gasteiger charge is -2.07. The summed E-state index contributed by atoms with van der Waals surface area (Å²) in [4.78, 5) is 12.5. The van der Waals surface area contributed by atoms with Gasteiger partial charge in [0, 0.05) is 18.3 Å². The number of halogens is 1. The van der Waals surface area contributed by atoms with Gasteiger partial charge in [0.05, 0.1) is 5.69 Å². The summed E-state index contributed by atoms with van der Waals surface area (Å²) in [5.74, 6) is -0.0843. The summed E-state index contributed by atoms with van der Waals surface area (Å²) >= 11 is 0. The molecule has 26 heavy (non-hydrogen) atoms. The minimum atomic E-state index is -0.275. The van der Waals surface area contributed by atoms with Gasteiger partial charge in [0.15, 0.2) is 5.69 Å². The van der Waals surface area contributed by atoms with Gasteiger partial charge in [-0.05, 0) is 60.4 Å². The maximum absolute atomic E-state index is 13.5. The molecule has 0 unspecified atom stereocenters. The summed E-state index contributed by atoms with van der Waals surface area (Å²) in [6, 6.07) is 14.4. The first-order valence-electron chi connectivity index (χ1n) is 8.57. The zero-order valence-electron chi connectivity index (χ0n) is 15.4. The van der Waals surface area contributed by atoms with E-state index in [1.54, 1.807) is 36.9 Å². The second-order valence-electron chi connectivity index (χ2n) is 6.73. The number of aromatic nitrogens is 2. The van der Waals surface area contributed by atoms with E-state index >= 15 is 0 Å². The molecular weight excluding hydrogens is 329 g/mol. The van der Waals surface area contributed by atoms with Crippen LogP contribution in [0.2, 0.25) is 0 Å². The molecule has 5 heteroatoms. The number of carbonyl (C=O) groups is 1. The van der Waals surface area contributed by atoms with Crippen LogP contribution < -0.4 is 5.32 Å². The van der Waals surface area contributed by atoms with E-state index in [1.807, 2.05) is 24.3 Å². The van der Waals surface area contributed by atoms with Crippen molar-refractivity contribution in [2.24, 2.45) is 7.05 Å². The normalized spacial score (nSPS) is 11.0. The summed E-state index contributed by atoms with van der Waals surface area (Å²) in [5.41, 5.74) is 4.39. The molecule has 1 heterocycles. The Bertz CT molecular complexity index is 942. The summed E-state index contributed by atoms with van der Waals surface area (Å²) in [5, 5.41) is 7.15. The molecule has 134 valence electrons. The van der Waals surface area contributed by atoms with Crippen LogP contribution in [-0.4, -0.2) is 15.7 Å². The molecule has 3 aromatic rings. The molecule has 1 amide bonds. The van der Waals surface area contributed by atoms with E-state index < -0.39 is 0 Å². The highest BCUT2D eigenvalue weighted by atomic mass is 19.1. The van der Waals surface area contributed by atoms with Crippen LogP contribution in [0.1, 0.15) is 41.4 Å². The van der Waals surface area contributed by atoms with Crippen molar-refractivity contribution >= 4 is 11.6 Å². The minimum Gasteiger partial charge on any atom is -0.321 e. The van der Waals surface area contributed by atoms with Crippen LogP contribution in [-0.2, 0) is 7.05 Å². The lowest BCUT2D eigenvalue weighted by Crippen LogP contribution is -2.13. The van der Waals surface area contributed by atoms with Crippen molar-refractivity contribution in [1.82, 2.24) is 9.78 Å². The number of hydrogen-bond donors (Lipinski definition) is 1. The maximum Gasteiger partial charge on any atom is 0.276 e. The first-order chi connectivity index (χ1) is 12.3. The molecule has 4 nitrogen and oxygen atoms in total. The van der Waals surface area contributed by atoms with Crippen molar-refractivity contribution in [1.29, 1.82) is 0 Å². The molecule has 2 aromatic carbocycles. The number of hydrogen-bond acceptors (Lipinski definition) is 2. The second-order valence-corrected chi connectivity index (χ2v) is 6.73. The van der Waals surface area contributed by atoms with Gasteiger partial charge in [0.1, 0.15) is 5.82 Å². The monoisotopic (exact) mass is 351 g/mol. The van der Waals surface area contributed by atoms with E-state index in [1.165, 1.54) is 11.6 Å². The summed E-state index contributed by atoms with van der Waals surface area (Å²) in [6.45, 7) is 5.96. The van der Waals surface area contributed by atoms with Crippen molar-refractivity contribution in [3.8, 4) is 11.3 Å². The van der Waals surface area contributed by atoms with Gasteiger partial charge in [0.25, 0.3) is 5.91 Å². The fraction of sp³-hybridized carbons (Fsp3) is 0.238. The van der Waals surface area contributed by atoms with E-state index in [4.69, 9.17) is 0 Å². The number of rotatable bonds is 4. The first kappa shape index (κ1) is 17.9. The van der Waals surface area contributed by atoms with Crippen LogP contribution in [0.25, 0.3) is 11.3 Å². The van der Waals surface area contributed by atoms with Crippen molar-refractivity contribution in [2.75, 3.05) is 5.32 Å². The first-order valence-corrected chi connectivity index (χ1v) is 8.57. The Morgan fingerprint density at radius 1 is 1.12 bits per heavy atom. The van der Waals surface area contributed by atoms with Crippen LogP contribution in [0.4, 0.5) is 10.1 Å². The quantitative estimate of drug-likeness (QED) is 0.726. The number of nitrogens with one attached hydrogen (secondary N) is 1. The highest BCUT2D eigenvalue weighted by Crippen LogP contribution is 2.23. The van der Waals surface area contributed by atoms with E-state index in [-0.39, 0.29) is 11.7 Å². The SMILES string of the molecule is Cc1cc(-c2cc(C(=O)Nc3ccc(C(C)C)cc3)nn2C)ccc1F. The zero-order valence-corrected chi connectivity index (χ0v) is 15.4. The average Bonchev–Trinajstić information content (AvgIpc) is 3.00. The van der Waals surface area contributed by atoms with Gasteiger partial charge in [0.2, 0.25) is 0 Å². The zero-order chi connectivity index (χ0) is 18.8. The fourth-order valence-electron chi connectivity index (χ4n) is 2.80. The van der Waals surface area contributed by atoms with Gasteiger partial charge >= 0.3 is 0 Å². The Hall–Kier alpha value is -2.95. The lowest BCUT2D eigenvalue weighted by atomic mass is 10.0. The molecule has 0 aliphatic rings. The van der Waals surface area contributed by atoms with E-state index in [9.17, 15) is 9.18 Å². The Kier molecular flexibility index (Phi) is 4.89. The number of carbonyl (C=O) groups excluding carboxylic acids is 1. The smallest absolute Gasteiger partial charge is 0.276 e. The third kappa shape index (κ3) is 3.67. The Morgan fingerprint density at radius 2 is 1.81 bits per heavy atom. The van der Waals surface area contributed by atoms with Gasteiger partial charge in [-0.15, -0.1) is 0 Å². The molecular formula is C21H22FN3O. The van der Waals surface area contributed by atoms with Crippen LogP contribution in [0.5, 0.6) is 0 Å². The van der Waals surface area contributed by atoms with Crippen LogP contribution in [0, 0.1) is 12.7 Å². The predicted molar refractivity (Wildman–Crippen MR) is 102 cm³/mol. The predicted octanol–water partition coefficient (Wildman–Crippen LogP) is 4.91. The highest BCUT2D eigenvalue weighted by molar-refractivity contribution is 6.03. The summed E-state index contributed by atoms with van der Waals surface area (Å²) in [6.07, 6.45) is 0. The second kappa shape index (κ2) is 7.12. The van der Waals surface area contributed by atoms with Gasteiger partial charge < -0.3 is 5.32 Å². The summed E-state index contributed by atoms with van der Waals surface area (Å²) < 4.78 is 15.1. The third-order valence-electron chi connectivity index (χ3n) is 4.40. The molecule has 0 bridgehead atoms. The van der Waals surface area contributed by atoms with Gasteiger partial charge in [-0.2, -0.15) is 5.10 Å². The van der Waals surface area contributed by atoms with Gasteiger partial charge in [-0.25, -0.2) is 4.39 Å². The highest BCUT2D eigenvalue weighted by Gasteiger charge is 2.15. The molecule has 1 N–H and O–H groups in total. The molecule has 0 aliphatic heterocycles. The van der Waals surface area contributed by atoms with E-state index in [0.717, 1.165) is 16.9 Å². The van der Waals surface area contributed by atoms with Crippen molar-refractivity contribution < 1.29 is 9.18 Å². The average molecular weight is 351 g/mol. The maximum atomic E-state index is 13.5. The van der Waals surface area contributed by atoms with Crippen molar-refractivity contribution in [3.63, 3.8) is 0 Å². The van der Waals surface area contributed by atoms with Crippen LogP contribution in [0.15, 0.2) is 48.5 Å². The number of anilines is 1. The van der Waals surface area contributed by atoms with Gasteiger partial charge in [-0.3, -0.25) is 9.48 Å². The van der Waals surface area contributed by atoms with Gasteiger partial charge in [-0.1, -0.05) is 26.0 Å². The van der Waals surface area contributed by atoms with E-state index in [0.29, 0.717) is 17.2 Å². The molecule has 0 aliphatic carbocycles. The van der Waals surface area contributed by atoms with E-state index in [2.05, 4.69) is 24.3 Å². The third-order valence-corrected chi connectivity index (χ3v) is 4.40. The topological polar surface area (TPSA) is 46.9 Å². The number of nitrogens with zero attached hydrogens (tertiary/aromatic N) is 2. The number of benzene rings is 2. The largest absolute Gasteiger partial charge is 0.321 e. The molecule has 0 atom stereocenters. The Morgan fingerprint density at radius 3 is 2.42 bits per heavy atom. The number of amides is 1. The minimum absolute atomic E-state index is 0.251. The van der Waals surface area contributed by atoms with Crippen LogP contribution in [0.3, 0.4) is 0 Å². The molecule has 1 aromatic heterocycles.